The van der Waals surface area contributed by atoms with Gasteiger partial charge in [0.2, 0.25) is 5.91 Å². The molecular formula is C12H22N2O2. The number of aliphatic hydroxyl groups is 1. The molecule has 4 heteroatoms. The Balaban J connectivity index is 1.78. The van der Waals surface area contributed by atoms with Gasteiger partial charge in [-0.2, -0.15) is 0 Å². The van der Waals surface area contributed by atoms with E-state index in [1.807, 2.05) is 0 Å². The van der Waals surface area contributed by atoms with Crippen LogP contribution in [0.4, 0.5) is 0 Å². The van der Waals surface area contributed by atoms with Crippen molar-refractivity contribution in [1.29, 1.82) is 0 Å². The fourth-order valence-corrected chi connectivity index (χ4v) is 2.75. The lowest BCUT2D eigenvalue weighted by Crippen LogP contribution is -2.44. The van der Waals surface area contributed by atoms with Gasteiger partial charge >= 0.3 is 0 Å². The monoisotopic (exact) mass is 226 g/mol. The lowest BCUT2D eigenvalue weighted by molar-refractivity contribution is -0.126. The molecule has 2 fully saturated rings. The van der Waals surface area contributed by atoms with Crippen LogP contribution in [-0.4, -0.2) is 35.7 Å². The number of carbonyl (C=O) groups is 1. The number of rotatable bonds is 2. The third kappa shape index (κ3) is 2.74. The zero-order valence-corrected chi connectivity index (χ0v) is 9.91. The van der Waals surface area contributed by atoms with Crippen molar-refractivity contribution in [3.8, 4) is 0 Å². The normalized spacial score (nSPS) is 39.6. The van der Waals surface area contributed by atoms with Crippen LogP contribution in [0.15, 0.2) is 0 Å². The van der Waals surface area contributed by atoms with Crippen molar-refractivity contribution in [1.82, 2.24) is 10.6 Å². The molecule has 1 heterocycles. The molecule has 2 atom stereocenters. The summed E-state index contributed by atoms with van der Waals surface area (Å²) in [5, 5.41) is 15.8. The van der Waals surface area contributed by atoms with E-state index in [0.717, 1.165) is 38.6 Å². The minimum Gasteiger partial charge on any atom is -0.393 e. The van der Waals surface area contributed by atoms with Crippen molar-refractivity contribution in [2.24, 2.45) is 5.92 Å². The molecule has 16 heavy (non-hydrogen) atoms. The zero-order valence-electron chi connectivity index (χ0n) is 9.91. The zero-order chi connectivity index (χ0) is 11.5. The molecule has 0 radical (unpaired) electrons. The summed E-state index contributed by atoms with van der Waals surface area (Å²) in [6.45, 7) is 3.02. The molecule has 2 unspecified atom stereocenters. The van der Waals surface area contributed by atoms with Gasteiger partial charge in [0.25, 0.3) is 0 Å². The van der Waals surface area contributed by atoms with Gasteiger partial charge in [0, 0.05) is 12.1 Å². The van der Waals surface area contributed by atoms with E-state index < -0.39 is 0 Å². The van der Waals surface area contributed by atoms with E-state index in [4.69, 9.17) is 0 Å². The molecule has 0 aromatic carbocycles. The number of hydrogen-bond acceptors (Lipinski definition) is 3. The molecule has 1 saturated heterocycles. The third-order valence-corrected chi connectivity index (χ3v) is 3.91. The minimum absolute atomic E-state index is 0.131. The van der Waals surface area contributed by atoms with Crippen LogP contribution in [0.25, 0.3) is 0 Å². The predicted molar refractivity (Wildman–Crippen MR) is 62.0 cm³/mol. The maximum atomic E-state index is 12.0. The molecule has 1 amide bonds. The van der Waals surface area contributed by atoms with Gasteiger partial charge in [-0.05, 0) is 45.6 Å². The fraction of sp³-hybridized carbons (Fsp3) is 0.917. The summed E-state index contributed by atoms with van der Waals surface area (Å²) in [5.41, 5.74) is 0. The van der Waals surface area contributed by atoms with Crippen LogP contribution in [-0.2, 0) is 4.79 Å². The topological polar surface area (TPSA) is 61.4 Å². The maximum absolute atomic E-state index is 12.0. The highest BCUT2D eigenvalue weighted by molar-refractivity contribution is 5.80. The van der Waals surface area contributed by atoms with Crippen molar-refractivity contribution in [3.05, 3.63) is 0 Å². The molecule has 0 aromatic heterocycles. The van der Waals surface area contributed by atoms with Crippen molar-refractivity contribution >= 4 is 5.91 Å². The van der Waals surface area contributed by atoms with Crippen molar-refractivity contribution < 1.29 is 9.90 Å². The molecule has 2 rings (SSSR count). The summed E-state index contributed by atoms with van der Waals surface area (Å²) in [4.78, 5) is 12.0. The van der Waals surface area contributed by atoms with Gasteiger partial charge in [-0.1, -0.05) is 0 Å². The van der Waals surface area contributed by atoms with Gasteiger partial charge in [0.1, 0.15) is 0 Å². The second kappa shape index (κ2) is 5.15. The SMILES string of the molecule is CC1NCCC1C(=O)NC1CCC(O)CC1. The Hall–Kier alpha value is -0.610. The molecule has 1 aliphatic heterocycles. The quantitative estimate of drug-likeness (QED) is 0.639. The first kappa shape index (κ1) is 11.9. The highest BCUT2D eigenvalue weighted by Crippen LogP contribution is 2.20. The molecule has 0 spiro atoms. The molecule has 1 saturated carbocycles. The smallest absolute Gasteiger partial charge is 0.224 e. The standard InChI is InChI=1S/C12H22N2O2/c1-8-11(6-7-13-8)12(16)14-9-2-4-10(15)5-3-9/h8-11,13,15H,2-7H2,1H3,(H,14,16). The van der Waals surface area contributed by atoms with Gasteiger partial charge in [0.15, 0.2) is 0 Å². The number of nitrogens with one attached hydrogen (secondary N) is 2. The van der Waals surface area contributed by atoms with Gasteiger partial charge in [0.05, 0.1) is 12.0 Å². The van der Waals surface area contributed by atoms with Gasteiger partial charge in [-0.3, -0.25) is 4.79 Å². The van der Waals surface area contributed by atoms with Crippen molar-refractivity contribution in [2.75, 3.05) is 6.54 Å². The Labute approximate surface area is 96.8 Å². The maximum Gasteiger partial charge on any atom is 0.224 e. The summed E-state index contributed by atoms with van der Waals surface area (Å²) < 4.78 is 0. The van der Waals surface area contributed by atoms with Gasteiger partial charge < -0.3 is 15.7 Å². The minimum atomic E-state index is -0.153. The van der Waals surface area contributed by atoms with E-state index in [0.29, 0.717) is 6.04 Å². The molecule has 4 nitrogen and oxygen atoms in total. The van der Waals surface area contributed by atoms with E-state index >= 15 is 0 Å². The van der Waals surface area contributed by atoms with E-state index in [1.54, 1.807) is 0 Å². The summed E-state index contributed by atoms with van der Waals surface area (Å²) >= 11 is 0. The molecule has 3 N–H and O–H groups in total. The van der Waals surface area contributed by atoms with E-state index in [-0.39, 0.29) is 24.0 Å². The predicted octanol–water partition coefficient (Wildman–Crippen LogP) is 0.404. The van der Waals surface area contributed by atoms with E-state index in [9.17, 15) is 9.90 Å². The number of aliphatic hydroxyl groups excluding tert-OH is 1. The largest absolute Gasteiger partial charge is 0.393 e. The Bertz CT molecular complexity index is 249. The van der Waals surface area contributed by atoms with Crippen LogP contribution in [0.1, 0.15) is 39.0 Å². The van der Waals surface area contributed by atoms with Gasteiger partial charge in [-0.15, -0.1) is 0 Å². The third-order valence-electron chi connectivity index (χ3n) is 3.91. The second-order valence-electron chi connectivity index (χ2n) is 5.15. The van der Waals surface area contributed by atoms with Crippen molar-refractivity contribution in [2.45, 2.75) is 57.2 Å². The number of hydrogen-bond donors (Lipinski definition) is 3. The van der Waals surface area contributed by atoms with Crippen molar-refractivity contribution in [3.63, 3.8) is 0 Å². The van der Waals surface area contributed by atoms with Crippen LogP contribution in [0.5, 0.6) is 0 Å². The molecule has 0 aromatic rings. The Morgan fingerprint density at radius 1 is 1.25 bits per heavy atom. The molecule has 0 bridgehead atoms. The summed E-state index contributed by atoms with van der Waals surface area (Å²) in [6.07, 6.45) is 4.28. The Morgan fingerprint density at radius 2 is 1.94 bits per heavy atom. The lowest BCUT2D eigenvalue weighted by atomic mass is 9.92. The molecule has 92 valence electrons. The Kier molecular flexibility index (Phi) is 3.82. The lowest BCUT2D eigenvalue weighted by Gasteiger charge is -2.27. The first-order valence-electron chi connectivity index (χ1n) is 6.38. The van der Waals surface area contributed by atoms with Crippen LogP contribution in [0.2, 0.25) is 0 Å². The second-order valence-corrected chi connectivity index (χ2v) is 5.15. The molecular weight excluding hydrogens is 204 g/mol. The average Bonchev–Trinajstić information content (AvgIpc) is 2.68. The summed E-state index contributed by atoms with van der Waals surface area (Å²) in [6, 6.07) is 0.581. The first-order chi connectivity index (χ1) is 7.66. The number of carbonyl (C=O) groups excluding carboxylic acids is 1. The van der Waals surface area contributed by atoms with E-state index in [2.05, 4.69) is 17.6 Å². The van der Waals surface area contributed by atoms with Crippen LogP contribution in [0, 0.1) is 5.92 Å². The molecule has 1 aliphatic carbocycles. The Morgan fingerprint density at radius 3 is 2.50 bits per heavy atom. The highest BCUT2D eigenvalue weighted by atomic mass is 16.3. The van der Waals surface area contributed by atoms with Crippen LogP contribution < -0.4 is 10.6 Å². The van der Waals surface area contributed by atoms with E-state index in [1.165, 1.54) is 0 Å². The van der Waals surface area contributed by atoms with Gasteiger partial charge in [-0.25, -0.2) is 0 Å². The first-order valence-corrected chi connectivity index (χ1v) is 6.38. The number of amides is 1. The summed E-state index contributed by atoms with van der Waals surface area (Å²) in [5.74, 6) is 0.325. The molecule has 2 aliphatic rings. The highest BCUT2D eigenvalue weighted by Gasteiger charge is 2.31. The summed E-state index contributed by atoms with van der Waals surface area (Å²) in [7, 11) is 0. The average molecular weight is 226 g/mol. The van der Waals surface area contributed by atoms with Crippen LogP contribution >= 0.6 is 0 Å². The fourth-order valence-electron chi connectivity index (χ4n) is 2.75. The van der Waals surface area contributed by atoms with Crippen LogP contribution in [0.3, 0.4) is 0 Å².